The van der Waals surface area contributed by atoms with Crippen LogP contribution in [0.1, 0.15) is 35.1 Å². The summed E-state index contributed by atoms with van der Waals surface area (Å²) in [6, 6.07) is 11.0. The monoisotopic (exact) mass is 421 g/mol. The first-order valence-electron chi connectivity index (χ1n) is 10.9. The molecule has 1 aliphatic rings. The number of rotatable bonds is 5. The van der Waals surface area contributed by atoms with Gasteiger partial charge in [-0.2, -0.15) is 0 Å². The molecule has 31 heavy (non-hydrogen) atoms. The van der Waals surface area contributed by atoms with Crippen molar-refractivity contribution in [3.63, 3.8) is 0 Å². The van der Waals surface area contributed by atoms with Gasteiger partial charge in [0.05, 0.1) is 0 Å². The Labute approximate surface area is 183 Å². The van der Waals surface area contributed by atoms with Crippen molar-refractivity contribution in [2.24, 2.45) is 0 Å². The molecule has 162 valence electrons. The van der Waals surface area contributed by atoms with Gasteiger partial charge in [-0.05, 0) is 92.7 Å². The van der Waals surface area contributed by atoms with E-state index in [1.807, 2.05) is 12.4 Å². The third kappa shape index (κ3) is 4.77. The predicted octanol–water partition coefficient (Wildman–Crippen LogP) is 5.71. The van der Waals surface area contributed by atoms with E-state index in [2.05, 4.69) is 54.2 Å². The maximum absolute atomic E-state index is 14.0. The summed E-state index contributed by atoms with van der Waals surface area (Å²) in [5, 5.41) is 3.38. The summed E-state index contributed by atoms with van der Waals surface area (Å²) in [5.41, 5.74) is 7.81. The molecular formula is C26H29F2N3. The highest BCUT2D eigenvalue weighted by molar-refractivity contribution is 5.66. The number of nitrogens with one attached hydrogen (secondary N) is 1. The molecule has 0 amide bonds. The Bertz CT molecular complexity index is 1050. The minimum atomic E-state index is -0.817. The van der Waals surface area contributed by atoms with Gasteiger partial charge in [0.1, 0.15) is 0 Å². The van der Waals surface area contributed by atoms with Gasteiger partial charge in [0, 0.05) is 42.3 Å². The summed E-state index contributed by atoms with van der Waals surface area (Å²) in [7, 11) is 0. The number of halogens is 2. The Hall–Kier alpha value is -2.79. The van der Waals surface area contributed by atoms with Crippen molar-refractivity contribution < 1.29 is 8.78 Å². The van der Waals surface area contributed by atoms with Crippen LogP contribution in [0.2, 0.25) is 0 Å². The number of aryl methyl sites for hydroxylation is 2. The van der Waals surface area contributed by atoms with Crippen molar-refractivity contribution in [2.75, 3.05) is 18.0 Å². The average molecular weight is 422 g/mol. The molecule has 5 heteroatoms. The molecule has 0 aliphatic carbocycles. The van der Waals surface area contributed by atoms with Crippen molar-refractivity contribution in [3.05, 3.63) is 82.7 Å². The van der Waals surface area contributed by atoms with Crippen LogP contribution in [0.4, 0.5) is 14.5 Å². The minimum absolute atomic E-state index is 0.263. The smallest absolute Gasteiger partial charge is 0.160 e. The SMILES string of the molecule is Cc1cc(-c2cncc(CN(c3ccc(F)c(F)c3)C3CCNCC3)c2)cc(C)c1C. The van der Waals surface area contributed by atoms with E-state index in [9.17, 15) is 8.78 Å². The van der Waals surface area contributed by atoms with Crippen molar-refractivity contribution >= 4 is 5.69 Å². The Balaban J connectivity index is 1.67. The standard InChI is InChI=1S/C26H29F2N3/c1-17-10-21(11-18(2)19(17)3)22-12-20(14-30-15-22)16-31(23-6-8-29-9-7-23)24-4-5-25(27)26(28)13-24/h4-5,10-15,23,29H,6-9,16H2,1-3H3. The fourth-order valence-corrected chi connectivity index (χ4v) is 4.34. The molecule has 1 N–H and O–H groups in total. The fourth-order valence-electron chi connectivity index (χ4n) is 4.34. The summed E-state index contributed by atoms with van der Waals surface area (Å²) in [5.74, 6) is -1.63. The largest absolute Gasteiger partial charge is 0.364 e. The molecule has 0 radical (unpaired) electrons. The first-order chi connectivity index (χ1) is 14.9. The van der Waals surface area contributed by atoms with Crippen LogP contribution in [0, 0.1) is 32.4 Å². The number of anilines is 1. The number of piperidine rings is 1. The van der Waals surface area contributed by atoms with Crippen molar-refractivity contribution in [1.29, 1.82) is 0 Å². The van der Waals surface area contributed by atoms with Crippen LogP contribution < -0.4 is 10.2 Å². The van der Waals surface area contributed by atoms with E-state index in [4.69, 9.17) is 0 Å². The summed E-state index contributed by atoms with van der Waals surface area (Å²) in [4.78, 5) is 6.68. The second-order valence-electron chi connectivity index (χ2n) is 8.52. The highest BCUT2D eigenvalue weighted by Crippen LogP contribution is 2.28. The zero-order chi connectivity index (χ0) is 22.0. The van der Waals surface area contributed by atoms with Crippen molar-refractivity contribution in [1.82, 2.24) is 10.3 Å². The second kappa shape index (κ2) is 9.15. The van der Waals surface area contributed by atoms with Crippen molar-refractivity contribution in [3.8, 4) is 11.1 Å². The van der Waals surface area contributed by atoms with E-state index in [0.29, 0.717) is 12.2 Å². The Morgan fingerprint density at radius 2 is 1.61 bits per heavy atom. The molecule has 0 bridgehead atoms. The van der Waals surface area contributed by atoms with Gasteiger partial charge in [0.15, 0.2) is 11.6 Å². The number of hydrogen-bond donors (Lipinski definition) is 1. The minimum Gasteiger partial charge on any atom is -0.364 e. The molecule has 1 saturated heterocycles. The molecule has 2 heterocycles. The lowest BCUT2D eigenvalue weighted by atomic mass is 9.96. The summed E-state index contributed by atoms with van der Waals surface area (Å²) in [6.07, 6.45) is 5.68. The Morgan fingerprint density at radius 1 is 0.903 bits per heavy atom. The van der Waals surface area contributed by atoms with Crippen molar-refractivity contribution in [2.45, 2.75) is 46.2 Å². The zero-order valence-electron chi connectivity index (χ0n) is 18.4. The van der Waals surface area contributed by atoms with Crippen LogP contribution in [0.3, 0.4) is 0 Å². The highest BCUT2D eigenvalue weighted by Gasteiger charge is 2.23. The summed E-state index contributed by atoms with van der Waals surface area (Å²) >= 11 is 0. The number of aromatic nitrogens is 1. The normalized spacial score (nSPS) is 14.6. The van der Waals surface area contributed by atoms with Gasteiger partial charge in [-0.1, -0.05) is 12.1 Å². The maximum atomic E-state index is 14.0. The molecule has 3 nitrogen and oxygen atoms in total. The van der Waals surface area contributed by atoms with Gasteiger partial charge in [0.25, 0.3) is 0 Å². The quantitative estimate of drug-likeness (QED) is 0.572. The first-order valence-corrected chi connectivity index (χ1v) is 10.9. The summed E-state index contributed by atoms with van der Waals surface area (Å²) in [6.45, 7) is 8.84. The van der Waals surface area contributed by atoms with Crippen LogP contribution in [-0.4, -0.2) is 24.1 Å². The lowest BCUT2D eigenvalue weighted by Crippen LogP contribution is -2.43. The molecular weight excluding hydrogens is 392 g/mol. The summed E-state index contributed by atoms with van der Waals surface area (Å²) < 4.78 is 27.6. The molecule has 0 unspecified atom stereocenters. The van der Waals surface area contributed by atoms with Crippen LogP contribution >= 0.6 is 0 Å². The van der Waals surface area contributed by atoms with E-state index < -0.39 is 11.6 Å². The van der Waals surface area contributed by atoms with Crippen LogP contribution in [-0.2, 0) is 6.54 Å². The van der Waals surface area contributed by atoms with E-state index in [-0.39, 0.29) is 6.04 Å². The molecule has 1 aromatic heterocycles. The van der Waals surface area contributed by atoms with Crippen LogP contribution in [0.25, 0.3) is 11.1 Å². The molecule has 2 aromatic carbocycles. The number of benzene rings is 2. The molecule has 4 rings (SSSR count). The van der Waals surface area contributed by atoms with Gasteiger partial charge in [0.2, 0.25) is 0 Å². The van der Waals surface area contributed by atoms with E-state index >= 15 is 0 Å². The lowest BCUT2D eigenvalue weighted by molar-refractivity contribution is 0.427. The third-order valence-corrected chi connectivity index (χ3v) is 6.39. The van der Waals surface area contributed by atoms with Crippen LogP contribution in [0.5, 0.6) is 0 Å². The van der Waals surface area contributed by atoms with E-state index in [1.54, 1.807) is 6.07 Å². The predicted molar refractivity (Wildman–Crippen MR) is 122 cm³/mol. The topological polar surface area (TPSA) is 28.2 Å². The average Bonchev–Trinajstić information content (AvgIpc) is 2.78. The Morgan fingerprint density at radius 3 is 2.29 bits per heavy atom. The molecule has 1 fully saturated rings. The fraction of sp³-hybridized carbons (Fsp3) is 0.346. The van der Waals surface area contributed by atoms with Gasteiger partial charge in [-0.15, -0.1) is 0 Å². The number of nitrogens with zero attached hydrogens (tertiary/aromatic N) is 2. The van der Waals surface area contributed by atoms with Gasteiger partial charge < -0.3 is 10.2 Å². The Kier molecular flexibility index (Phi) is 6.33. The molecule has 1 aliphatic heterocycles. The molecule has 0 saturated carbocycles. The highest BCUT2D eigenvalue weighted by atomic mass is 19.2. The van der Waals surface area contributed by atoms with E-state index in [0.717, 1.165) is 42.6 Å². The van der Waals surface area contributed by atoms with Gasteiger partial charge in [-0.3, -0.25) is 4.98 Å². The van der Waals surface area contributed by atoms with Crippen LogP contribution in [0.15, 0.2) is 48.8 Å². The maximum Gasteiger partial charge on any atom is 0.160 e. The van der Waals surface area contributed by atoms with E-state index in [1.165, 1.54) is 28.8 Å². The molecule has 0 spiro atoms. The van der Waals surface area contributed by atoms with Gasteiger partial charge >= 0.3 is 0 Å². The third-order valence-electron chi connectivity index (χ3n) is 6.39. The lowest BCUT2D eigenvalue weighted by Gasteiger charge is -2.36. The number of pyridine rings is 1. The number of hydrogen-bond acceptors (Lipinski definition) is 3. The first kappa shape index (κ1) is 21.4. The molecule has 3 aromatic rings. The molecule has 0 atom stereocenters. The zero-order valence-corrected chi connectivity index (χ0v) is 18.4. The van der Waals surface area contributed by atoms with Gasteiger partial charge in [-0.25, -0.2) is 8.78 Å². The second-order valence-corrected chi connectivity index (χ2v) is 8.52.